The zero-order valence-corrected chi connectivity index (χ0v) is 11.0. The molecule has 0 amide bonds. The first-order valence-electron chi connectivity index (χ1n) is 6.26. The molecular formula is C15H15F3N2. The normalized spacial score (nSPS) is 13.2. The summed E-state index contributed by atoms with van der Waals surface area (Å²) in [5.41, 5.74) is 1.23. The minimum atomic E-state index is -4.28. The highest BCUT2D eigenvalue weighted by atomic mass is 19.4. The van der Waals surface area contributed by atoms with Gasteiger partial charge in [0.1, 0.15) is 0 Å². The van der Waals surface area contributed by atoms with Gasteiger partial charge in [-0.15, -0.1) is 0 Å². The van der Waals surface area contributed by atoms with Crippen molar-refractivity contribution >= 4 is 0 Å². The van der Waals surface area contributed by atoms with E-state index in [0.29, 0.717) is 6.54 Å². The van der Waals surface area contributed by atoms with Crippen LogP contribution in [0, 0.1) is 0 Å². The fourth-order valence-corrected chi connectivity index (χ4v) is 1.83. The number of nitrogens with zero attached hydrogens (tertiary/aromatic N) is 1. The molecule has 1 heterocycles. The molecule has 0 radical (unpaired) electrons. The molecule has 2 rings (SSSR count). The van der Waals surface area contributed by atoms with Crippen LogP contribution in [0.15, 0.2) is 48.8 Å². The molecule has 0 fully saturated rings. The zero-order chi connectivity index (χ0) is 14.6. The van der Waals surface area contributed by atoms with E-state index in [4.69, 9.17) is 0 Å². The quantitative estimate of drug-likeness (QED) is 0.917. The molecule has 0 spiro atoms. The largest absolute Gasteiger partial charge is 0.416 e. The Hall–Kier alpha value is -1.88. The SMILES string of the molecule is C[C@H](NCc1ccc(C(F)(F)F)cc1)c1cccnc1. The molecule has 0 bridgehead atoms. The van der Waals surface area contributed by atoms with Gasteiger partial charge in [0.25, 0.3) is 0 Å². The molecule has 5 heteroatoms. The molecule has 0 saturated carbocycles. The number of pyridine rings is 1. The van der Waals surface area contributed by atoms with Gasteiger partial charge in [-0.05, 0) is 36.2 Å². The molecule has 0 aliphatic rings. The zero-order valence-electron chi connectivity index (χ0n) is 11.0. The molecule has 0 saturated heterocycles. The predicted molar refractivity (Wildman–Crippen MR) is 70.9 cm³/mol. The summed E-state index contributed by atoms with van der Waals surface area (Å²) in [5.74, 6) is 0. The fourth-order valence-electron chi connectivity index (χ4n) is 1.83. The monoisotopic (exact) mass is 280 g/mol. The van der Waals surface area contributed by atoms with Gasteiger partial charge in [0, 0.05) is 25.0 Å². The van der Waals surface area contributed by atoms with Gasteiger partial charge < -0.3 is 5.32 Å². The molecule has 2 aromatic rings. The molecule has 0 aliphatic heterocycles. The van der Waals surface area contributed by atoms with Crippen molar-refractivity contribution in [2.24, 2.45) is 0 Å². The topological polar surface area (TPSA) is 24.9 Å². The molecule has 106 valence electrons. The van der Waals surface area contributed by atoms with Crippen molar-refractivity contribution in [2.75, 3.05) is 0 Å². The van der Waals surface area contributed by atoms with Crippen molar-refractivity contribution in [2.45, 2.75) is 25.7 Å². The lowest BCUT2D eigenvalue weighted by atomic mass is 10.1. The lowest BCUT2D eigenvalue weighted by molar-refractivity contribution is -0.137. The summed E-state index contributed by atoms with van der Waals surface area (Å²) in [5, 5.41) is 3.25. The van der Waals surface area contributed by atoms with E-state index in [9.17, 15) is 13.2 Å². The predicted octanol–water partition coefficient (Wildman–Crippen LogP) is 3.95. The molecule has 1 atom stereocenters. The molecule has 0 unspecified atom stereocenters. The van der Waals surface area contributed by atoms with Crippen LogP contribution in [-0.2, 0) is 12.7 Å². The second-order valence-electron chi connectivity index (χ2n) is 4.58. The Morgan fingerprint density at radius 1 is 1.15 bits per heavy atom. The van der Waals surface area contributed by atoms with Crippen LogP contribution in [0.3, 0.4) is 0 Å². The molecule has 0 aliphatic carbocycles. The number of hydrogen-bond donors (Lipinski definition) is 1. The van der Waals surface area contributed by atoms with Gasteiger partial charge in [0.05, 0.1) is 5.56 Å². The van der Waals surface area contributed by atoms with E-state index in [1.807, 2.05) is 19.1 Å². The molecular weight excluding hydrogens is 265 g/mol. The smallest absolute Gasteiger partial charge is 0.306 e. The molecule has 1 N–H and O–H groups in total. The van der Waals surface area contributed by atoms with Gasteiger partial charge in [-0.3, -0.25) is 4.98 Å². The van der Waals surface area contributed by atoms with E-state index in [-0.39, 0.29) is 6.04 Å². The number of aromatic nitrogens is 1. The van der Waals surface area contributed by atoms with Crippen molar-refractivity contribution in [3.05, 3.63) is 65.5 Å². The summed E-state index contributed by atoms with van der Waals surface area (Å²) >= 11 is 0. The number of nitrogens with one attached hydrogen (secondary N) is 1. The molecule has 1 aromatic carbocycles. The Morgan fingerprint density at radius 2 is 1.85 bits per heavy atom. The Kier molecular flexibility index (Phi) is 4.39. The number of alkyl halides is 3. The summed E-state index contributed by atoms with van der Waals surface area (Å²) in [6.45, 7) is 2.50. The van der Waals surface area contributed by atoms with E-state index < -0.39 is 11.7 Å². The first kappa shape index (κ1) is 14.5. The number of benzene rings is 1. The van der Waals surface area contributed by atoms with Crippen LogP contribution in [0.2, 0.25) is 0 Å². The van der Waals surface area contributed by atoms with E-state index >= 15 is 0 Å². The first-order valence-corrected chi connectivity index (χ1v) is 6.26. The molecule has 20 heavy (non-hydrogen) atoms. The molecule has 1 aromatic heterocycles. The van der Waals surface area contributed by atoms with Gasteiger partial charge >= 0.3 is 6.18 Å². The number of halogens is 3. The van der Waals surface area contributed by atoms with Gasteiger partial charge in [-0.25, -0.2) is 0 Å². The van der Waals surface area contributed by atoms with Crippen LogP contribution in [0.4, 0.5) is 13.2 Å². The Labute approximate surface area is 115 Å². The van der Waals surface area contributed by atoms with Crippen molar-refractivity contribution in [3.8, 4) is 0 Å². The number of hydrogen-bond acceptors (Lipinski definition) is 2. The average Bonchev–Trinajstić information content (AvgIpc) is 2.45. The maximum Gasteiger partial charge on any atom is 0.416 e. The molecule has 2 nitrogen and oxygen atoms in total. The highest BCUT2D eigenvalue weighted by Crippen LogP contribution is 2.29. The first-order chi connectivity index (χ1) is 9.47. The van der Waals surface area contributed by atoms with Crippen LogP contribution < -0.4 is 5.32 Å². The van der Waals surface area contributed by atoms with E-state index in [1.54, 1.807) is 12.4 Å². The third kappa shape index (κ3) is 3.81. The third-order valence-corrected chi connectivity index (χ3v) is 3.08. The Balaban J connectivity index is 1.94. The Bertz CT molecular complexity index is 535. The minimum Gasteiger partial charge on any atom is -0.306 e. The van der Waals surface area contributed by atoms with Gasteiger partial charge in [-0.2, -0.15) is 13.2 Å². The second-order valence-corrected chi connectivity index (χ2v) is 4.58. The average molecular weight is 280 g/mol. The van der Waals surface area contributed by atoms with Gasteiger partial charge in [0.2, 0.25) is 0 Å². The van der Waals surface area contributed by atoms with Crippen molar-refractivity contribution < 1.29 is 13.2 Å². The standard InChI is InChI=1S/C15H15F3N2/c1-11(13-3-2-8-19-10-13)20-9-12-4-6-14(7-5-12)15(16,17)18/h2-8,10-11,20H,9H2,1H3/t11-/m0/s1. The van der Waals surface area contributed by atoms with Gasteiger partial charge in [-0.1, -0.05) is 18.2 Å². The fraction of sp³-hybridized carbons (Fsp3) is 0.267. The lowest BCUT2D eigenvalue weighted by Gasteiger charge is -2.14. The third-order valence-electron chi connectivity index (χ3n) is 3.08. The maximum absolute atomic E-state index is 12.4. The minimum absolute atomic E-state index is 0.0889. The van der Waals surface area contributed by atoms with Crippen molar-refractivity contribution in [1.29, 1.82) is 0 Å². The van der Waals surface area contributed by atoms with Crippen molar-refractivity contribution in [1.82, 2.24) is 10.3 Å². The van der Waals surface area contributed by atoms with E-state index in [0.717, 1.165) is 23.3 Å². The summed E-state index contributed by atoms with van der Waals surface area (Å²) in [4.78, 5) is 4.03. The van der Waals surface area contributed by atoms with Crippen LogP contribution in [0.1, 0.15) is 29.7 Å². The highest BCUT2D eigenvalue weighted by Gasteiger charge is 2.29. The number of rotatable bonds is 4. The maximum atomic E-state index is 12.4. The van der Waals surface area contributed by atoms with E-state index in [1.165, 1.54) is 12.1 Å². The Morgan fingerprint density at radius 3 is 2.40 bits per heavy atom. The van der Waals surface area contributed by atoms with E-state index in [2.05, 4.69) is 10.3 Å². The lowest BCUT2D eigenvalue weighted by Crippen LogP contribution is -2.18. The highest BCUT2D eigenvalue weighted by molar-refractivity contribution is 5.24. The second kappa shape index (κ2) is 6.05. The van der Waals surface area contributed by atoms with Crippen LogP contribution >= 0.6 is 0 Å². The summed E-state index contributed by atoms with van der Waals surface area (Å²) in [6.07, 6.45) is -0.814. The summed E-state index contributed by atoms with van der Waals surface area (Å²) < 4.78 is 37.3. The van der Waals surface area contributed by atoms with Gasteiger partial charge in [0.15, 0.2) is 0 Å². The van der Waals surface area contributed by atoms with Crippen LogP contribution in [0.25, 0.3) is 0 Å². The van der Waals surface area contributed by atoms with Crippen molar-refractivity contribution in [3.63, 3.8) is 0 Å². The summed E-state index contributed by atoms with van der Waals surface area (Å²) in [6, 6.07) is 9.09. The van der Waals surface area contributed by atoms with Crippen LogP contribution in [-0.4, -0.2) is 4.98 Å². The summed E-state index contributed by atoms with van der Waals surface area (Å²) in [7, 11) is 0. The van der Waals surface area contributed by atoms with Crippen LogP contribution in [0.5, 0.6) is 0 Å².